The number of hydrogen-bond donors (Lipinski definition) is 2. The first-order valence-electron chi connectivity index (χ1n) is 4.52. The van der Waals surface area contributed by atoms with Crippen molar-refractivity contribution < 1.29 is 27.9 Å². The van der Waals surface area contributed by atoms with Gasteiger partial charge in [-0.15, -0.1) is 0 Å². The first kappa shape index (κ1) is 14.4. The van der Waals surface area contributed by atoms with Crippen LogP contribution in [0.25, 0.3) is 0 Å². The summed E-state index contributed by atoms with van der Waals surface area (Å²) < 4.78 is 36.4. The fourth-order valence-electron chi connectivity index (χ4n) is 0.981. The molecule has 0 fully saturated rings. The fraction of sp³-hybridized carbons (Fsp3) is 0.375. The highest BCUT2D eigenvalue weighted by atomic mass is 32.2. The van der Waals surface area contributed by atoms with E-state index < -0.39 is 41.4 Å². The van der Waals surface area contributed by atoms with E-state index in [9.17, 15) is 22.8 Å². The number of carboxylic acids is 1. The molecule has 0 aliphatic heterocycles. The van der Waals surface area contributed by atoms with Crippen LogP contribution in [0.2, 0.25) is 0 Å². The molecule has 0 aliphatic rings. The van der Waals surface area contributed by atoms with E-state index in [0.29, 0.717) is 0 Å². The molecule has 18 heavy (non-hydrogen) atoms. The third-order valence-electron chi connectivity index (χ3n) is 1.57. The summed E-state index contributed by atoms with van der Waals surface area (Å²) in [7, 11) is 0. The third-order valence-corrected chi connectivity index (χ3v) is 2.31. The summed E-state index contributed by atoms with van der Waals surface area (Å²) >= 11 is -0.462. The van der Waals surface area contributed by atoms with Crippen LogP contribution in [0.3, 0.4) is 0 Å². The summed E-state index contributed by atoms with van der Waals surface area (Å²) in [6.45, 7) is -0.396. The van der Waals surface area contributed by atoms with Crippen LogP contribution in [0.5, 0.6) is 0 Å². The van der Waals surface area contributed by atoms with Gasteiger partial charge in [0.2, 0.25) is 5.91 Å². The van der Waals surface area contributed by atoms with Gasteiger partial charge in [0.15, 0.2) is 5.82 Å². The Morgan fingerprint density at radius 3 is 2.72 bits per heavy atom. The minimum Gasteiger partial charge on any atom is -0.480 e. The lowest BCUT2D eigenvalue weighted by molar-refractivity contribution is -0.137. The van der Waals surface area contributed by atoms with Crippen molar-refractivity contribution in [3.8, 4) is 0 Å². The summed E-state index contributed by atoms with van der Waals surface area (Å²) in [5.74, 6) is -2.76. The summed E-state index contributed by atoms with van der Waals surface area (Å²) in [4.78, 5) is 21.4. The SMILES string of the molecule is O=C(O)Cn1ccc(NC(=O)CSC(F)(F)F)n1. The van der Waals surface area contributed by atoms with E-state index in [4.69, 9.17) is 5.11 Å². The molecule has 0 unspecified atom stereocenters. The van der Waals surface area contributed by atoms with Gasteiger partial charge in [0.05, 0.1) is 5.75 Å². The molecule has 0 atom stereocenters. The lowest BCUT2D eigenvalue weighted by atomic mass is 10.6. The van der Waals surface area contributed by atoms with Gasteiger partial charge in [0, 0.05) is 12.3 Å². The van der Waals surface area contributed by atoms with Crippen LogP contribution < -0.4 is 5.32 Å². The summed E-state index contributed by atoms with van der Waals surface area (Å²) in [5.41, 5.74) is -4.47. The Morgan fingerprint density at radius 2 is 2.17 bits per heavy atom. The number of nitrogens with one attached hydrogen (secondary N) is 1. The number of aliphatic carboxylic acids is 1. The smallest absolute Gasteiger partial charge is 0.442 e. The van der Waals surface area contributed by atoms with Gasteiger partial charge < -0.3 is 10.4 Å². The van der Waals surface area contributed by atoms with Gasteiger partial charge >= 0.3 is 11.5 Å². The monoisotopic (exact) mass is 283 g/mol. The molecule has 10 heteroatoms. The second-order valence-electron chi connectivity index (χ2n) is 3.07. The van der Waals surface area contributed by atoms with Crippen LogP contribution in [-0.4, -0.2) is 38.0 Å². The van der Waals surface area contributed by atoms with Gasteiger partial charge in [-0.3, -0.25) is 14.3 Å². The Balaban J connectivity index is 2.45. The van der Waals surface area contributed by atoms with Crippen molar-refractivity contribution in [3.63, 3.8) is 0 Å². The summed E-state index contributed by atoms with van der Waals surface area (Å²) in [6.07, 6.45) is 1.29. The molecule has 1 amide bonds. The van der Waals surface area contributed by atoms with Gasteiger partial charge in [-0.25, -0.2) is 0 Å². The molecule has 0 aromatic carbocycles. The number of halogens is 3. The largest absolute Gasteiger partial charge is 0.480 e. The van der Waals surface area contributed by atoms with Crippen LogP contribution >= 0.6 is 11.8 Å². The third kappa shape index (κ3) is 5.57. The number of anilines is 1. The van der Waals surface area contributed by atoms with Crippen molar-refractivity contribution in [2.24, 2.45) is 0 Å². The Morgan fingerprint density at radius 1 is 1.50 bits per heavy atom. The minimum absolute atomic E-state index is 0.00373. The van der Waals surface area contributed by atoms with Crippen LogP contribution in [0.1, 0.15) is 0 Å². The summed E-state index contributed by atoms with van der Waals surface area (Å²) in [6, 6.07) is 1.29. The number of thioether (sulfide) groups is 1. The number of hydrogen-bond acceptors (Lipinski definition) is 4. The average molecular weight is 283 g/mol. The molecule has 0 radical (unpaired) electrons. The topological polar surface area (TPSA) is 84.2 Å². The Bertz CT molecular complexity index is 446. The van der Waals surface area contributed by atoms with E-state index in [1.165, 1.54) is 12.3 Å². The zero-order chi connectivity index (χ0) is 13.8. The van der Waals surface area contributed by atoms with E-state index >= 15 is 0 Å². The molecule has 2 N–H and O–H groups in total. The number of rotatable bonds is 5. The minimum atomic E-state index is -4.47. The normalized spacial score (nSPS) is 11.3. The molecule has 1 heterocycles. The Labute approximate surface area is 103 Å². The molecule has 100 valence electrons. The molecule has 0 spiro atoms. The van der Waals surface area contributed by atoms with Crippen LogP contribution in [0, 0.1) is 0 Å². The van der Waals surface area contributed by atoms with Crippen LogP contribution in [0.4, 0.5) is 19.0 Å². The van der Waals surface area contributed by atoms with Crippen molar-refractivity contribution in [1.29, 1.82) is 0 Å². The number of carbonyl (C=O) groups excluding carboxylic acids is 1. The first-order chi connectivity index (χ1) is 8.26. The zero-order valence-corrected chi connectivity index (χ0v) is 9.59. The van der Waals surface area contributed by atoms with Gasteiger partial charge in [0.1, 0.15) is 6.54 Å². The second-order valence-corrected chi connectivity index (χ2v) is 4.12. The molecule has 0 aliphatic carbocycles. The predicted molar refractivity (Wildman–Crippen MR) is 57.0 cm³/mol. The highest BCUT2D eigenvalue weighted by molar-refractivity contribution is 8.00. The molecule has 0 bridgehead atoms. The fourth-order valence-corrected chi connectivity index (χ4v) is 1.35. The van der Waals surface area contributed by atoms with Gasteiger partial charge in [-0.2, -0.15) is 18.3 Å². The maximum absolute atomic E-state index is 11.8. The number of carbonyl (C=O) groups is 2. The molecule has 0 saturated heterocycles. The molecule has 0 saturated carbocycles. The molecule has 1 aromatic heterocycles. The molecule has 1 rings (SSSR count). The summed E-state index contributed by atoms with van der Waals surface area (Å²) in [5, 5.41) is 14.2. The van der Waals surface area contributed by atoms with Crippen LogP contribution in [0.15, 0.2) is 12.3 Å². The first-order valence-corrected chi connectivity index (χ1v) is 5.50. The lowest BCUT2D eigenvalue weighted by Gasteiger charge is -2.04. The van der Waals surface area contributed by atoms with E-state index in [-0.39, 0.29) is 5.82 Å². The molecular formula is C8H8F3N3O3S. The van der Waals surface area contributed by atoms with Crippen molar-refractivity contribution in [1.82, 2.24) is 9.78 Å². The van der Waals surface area contributed by atoms with E-state index in [0.717, 1.165) is 4.68 Å². The number of amides is 1. The molecule has 6 nitrogen and oxygen atoms in total. The standard InChI is InChI=1S/C8H8F3N3O3S/c9-8(10,11)18-4-6(15)12-5-1-2-14(13-5)3-7(16)17/h1-2H,3-4H2,(H,16,17)(H,12,13,15). The number of aromatic nitrogens is 2. The highest BCUT2D eigenvalue weighted by Gasteiger charge is 2.29. The van der Waals surface area contributed by atoms with Gasteiger partial charge in [0.25, 0.3) is 0 Å². The second kappa shape index (κ2) is 5.76. The van der Waals surface area contributed by atoms with Crippen molar-refractivity contribution in [2.45, 2.75) is 12.1 Å². The van der Waals surface area contributed by atoms with Crippen molar-refractivity contribution >= 4 is 29.5 Å². The number of nitrogens with zero attached hydrogens (tertiary/aromatic N) is 2. The molecular weight excluding hydrogens is 275 g/mol. The van der Waals surface area contributed by atoms with Crippen molar-refractivity contribution in [2.75, 3.05) is 11.1 Å². The Kier molecular flexibility index (Phi) is 4.59. The maximum Gasteiger partial charge on any atom is 0.442 e. The zero-order valence-electron chi connectivity index (χ0n) is 8.77. The van der Waals surface area contributed by atoms with Gasteiger partial charge in [-0.1, -0.05) is 0 Å². The quantitative estimate of drug-likeness (QED) is 0.847. The predicted octanol–water partition coefficient (Wildman–Crippen LogP) is 1.16. The van der Waals surface area contributed by atoms with Gasteiger partial charge in [-0.05, 0) is 11.8 Å². The Hall–Kier alpha value is -1.71. The van der Waals surface area contributed by atoms with E-state index in [1.54, 1.807) is 0 Å². The average Bonchev–Trinajstić information content (AvgIpc) is 2.60. The van der Waals surface area contributed by atoms with E-state index in [2.05, 4.69) is 10.4 Å². The van der Waals surface area contributed by atoms with Crippen LogP contribution in [-0.2, 0) is 16.1 Å². The maximum atomic E-state index is 11.8. The van der Waals surface area contributed by atoms with E-state index in [1.807, 2.05) is 0 Å². The van der Waals surface area contributed by atoms with Crippen molar-refractivity contribution in [3.05, 3.63) is 12.3 Å². The highest BCUT2D eigenvalue weighted by Crippen LogP contribution is 2.29. The number of alkyl halides is 3. The molecule has 1 aromatic rings. The number of carboxylic acid groups (broad SMARTS) is 1. The lowest BCUT2D eigenvalue weighted by Crippen LogP contribution is -2.18.